The van der Waals surface area contributed by atoms with Crippen molar-refractivity contribution in [2.45, 2.75) is 118 Å². The van der Waals surface area contributed by atoms with Crippen molar-refractivity contribution < 1.29 is 28.6 Å². The van der Waals surface area contributed by atoms with Crippen molar-refractivity contribution in [2.75, 3.05) is 52.0 Å². The monoisotopic (exact) mass is 587 g/mol. The number of carbonyl (C=O) groups excluding carboxylic acids is 3. The molecule has 0 amide bonds. The summed E-state index contributed by atoms with van der Waals surface area (Å²) in [5.41, 5.74) is 0. The van der Waals surface area contributed by atoms with E-state index in [0.29, 0.717) is 51.0 Å². The number of nitrogens with zero attached hydrogens (tertiary/aromatic N) is 1. The molecule has 0 aromatic heterocycles. The fourth-order valence-electron chi connectivity index (χ4n) is 4.07. The molecule has 0 bridgehead atoms. The standard InChI is InChI=1S/C32H61NO6S/c1-27(2)24-38-30(34)19-15-11-7-9-13-17-21-37-32(36)29(23-33(5)6)26-40-22-18-14-10-8-12-16-20-31(35)39-25-28(3)4/h27-29H,7-26H2,1-6H3. The molecule has 40 heavy (non-hydrogen) atoms. The van der Waals surface area contributed by atoms with Crippen molar-refractivity contribution in [3.8, 4) is 0 Å². The summed E-state index contributed by atoms with van der Waals surface area (Å²) in [6.07, 6.45) is 13.8. The lowest BCUT2D eigenvalue weighted by Crippen LogP contribution is -2.31. The van der Waals surface area contributed by atoms with Crippen molar-refractivity contribution in [1.82, 2.24) is 4.90 Å². The highest BCUT2D eigenvalue weighted by molar-refractivity contribution is 7.99. The number of hydrogen-bond acceptors (Lipinski definition) is 8. The van der Waals surface area contributed by atoms with Crippen molar-refractivity contribution in [2.24, 2.45) is 17.8 Å². The van der Waals surface area contributed by atoms with Gasteiger partial charge in [-0.2, -0.15) is 11.8 Å². The second-order valence-electron chi connectivity index (χ2n) is 12.1. The second kappa shape index (κ2) is 26.6. The van der Waals surface area contributed by atoms with Gasteiger partial charge in [0.2, 0.25) is 0 Å². The number of unbranched alkanes of at least 4 members (excludes halogenated alkanes) is 10. The first-order chi connectivity index (χ1) is 19.1. The van der Waals surface area contributed by atoms with Crippen LogP contribution in [0.3, 0.4) is 0 Å². The van der Waals surface area contributed by atoms with Crippen LogP contribution in [0.1, 0.15) is 118 Å². The molecule has 0 aromatic rings. The lowest BCUT2D eigenvalue weighted by molar-refractivity contribution is -0.148. The molecular formula is C32H61NO6S. The molecule has 0 aromatic carbocycles. The van der Waals surface area contributed by atoms with Gasteiger partial charge >= 0.3 is 17.9 Å². The average molecular weight is 588 g/mol. The highest BCUT2D eigenvalue weighted by atomic mass is 32.2. The van der Waals surface area contributed by atoms with Crippen LogP contribution in [0.4, 0.5) is 0 Å². The van der Waals surface area contributed by atoms with E-state index in [0.717, 1.165) is 75.7 Å². The van der Waals surface area contributed by atoms with Gasteiger partial charge in [-0.25, -0.2) is 0 Å². The Morgan fingerprint density at radius 1 is 0.625 bits per heavy atom. The molecule has 0 spiro atoms. The molecule has 0 rings (SSSR count). The zero-order chi connectivity index (χ0) is 30.0. The maximum absolute atomic E-state index is 12.7. The third-order valence-corrected chi connectivity index (χ3v) is 7.55. The number of carbonyl (C=O) groups is 3. The van der Waals surface area contributed by atoms with E-state index in [-0.39, 0.29) is 23.8 Å². The van der Waals surface area contributed by atoms with Crippen molar-refractivity contribution >= 4 is 29.7 Å². The summed E-state index contributed by atoms with van der Waals surface area (Å²) >= 11 is 1.85. The largest absolute Gasteiger partial charge is 0.465 e. The lowest BCUT2D eigenvalue weighted by atomic mass is 10.1. The Bertz CT molecular complexity index is 641. The average Bonchev–Trinajstić information content (AvgIpc) is 2.89. The van der Waals surface area contributed by atoms with E-state index in [4.69, 9.17) is 14.2 Å². The normalized spacial score (nSPS) is 12.2. The summed E-state index contributed by atoms with van der Waals surface area (Å²) in [5, 5.41) is 0. The Balaban J connectivity index is 3.79. The number of thioether (sulfide) groups is 1. The number of ether oxygens (including phenoxy) is 3. The molecule has 0 aliphatic rings. The molecule has 0 saturated heterocycles. The number of rotatable bonds is 27. The minimum atomic E-state index is -0.0918. The van der Waals surface area contributed by atoms with Crippen LogP contribution in [-0.4, -0.2) is 74.8 Å². The lowest BCUT2D eigenvalue weighted by Gasteiger charge is -2.19. The molecule has 236 valence electrons. The summed E-state index contributed by atoms with van der Waals surface area (Å²) in [5.74, 6) is 2.31. The molecule has 7 nitrogen and oxygen atoms in total. The summed E-state index contributed by atoms with van der Waals surface area (Å²) in [6.45, 7) is 10.4. The Kier molecular flexibility index (Phi) is 25.8. The highest BCUT2D eigenvalue weighted by Gasteiger charge is 2.20. The molecule has 0 aliphatic carbocycles. The van der Waals surface area contributed by atoms with E-state index in [1.807, 2.05) is 53.6 Å². The Hall–Kier alpha value is -1.28. The van der Waals surface area contributed by atoms with E-state index in [9.17, 15) is 14.4 Å². The number of hydrogen-bond donors (Lipinski definition) is 0. The summed E-state index contributed by atoms with van der Waals surface area (Å²) in [7, 11) is 4.00. The van der Waals surface area contributed by atoms with Crippen LogP contribution in [0.2, 0.25) is 0 Å². The predicted octanol–water partition coefficient (Wildman–Crippen LogP) is 7.30. The molecule has 0 heterocycles. The van der Waals surface area contributed by atoms with Crippen LogP contribution in [0.25, 0.3) is 0 Å². The molecule has 0 fully saturated rings. The molecule has 0 saturated carbocycles. The maximum Gasteiger partial charge on any atom is 0.311 e. The molecule has 1 unspecified atom stereocenters. The van der Waals surface area contributed by atoms with Gasteiger partial charge in [0.15, 0.2) is 0 Å². The minimum Gasteiger partial charge on any atom is -0.465 e. The second-order valence-corrected chi connectivity index (χ2v) is 13.2. The molecule has 8 heteroatoms. The van der Waals surface area contributed by atoms with E-state index in [1.54, 1.807) is 0 Å². The van der Waals surface area contributed by atoms with Gasteiger partial charge in [0.05, 0.1) is 25.7 Å². The smallest absolute Gasteiger partial charge is 0.311 e. The van der Waals surface area contributed by atoms with Crippen molar-refractivity contribution in [3.63, 3.8) is 0 Å². The van der Waals surface area contributed by atoms with Crippen LogP contribution in [0, 0.1) is 17.8 Å². The van der Waals surface area contributed by atoms with Crippen LogP contribution >= 0.6 is 11.8 Å². The number of esters is 3. The third kappa shape index (κ3) is 26.9. The van der Waals surface area contributed by atoms with Crippen molar-refractivity contribution in [1.29, 1.82) is 0 Å². The fourth-order valence-corrected chi connectivity index (χ4v) is 5.18. The highest BCUT2D eigenvalue weighted by Crippen LogP contribution is 2.16. The molecular weight excluding hydrogens is 526 g/mol. The fraction of sp³-hybridized carbons (Fsp3) is 0.906. The van der Waals surface area contributed by atoms with E-state index in [2.05, 4.69) is 4.90 Å². The third-order valence-electron chi connectivity index (χ3n) is 6.33. The van der Waals surface area contributed by atoms with Crippen LogP contribution in [-0.2, 0) is 28.6 Å². The predicted molar refractivity (Wildman–Crippen MR) is 167 cm³/mol. The minimum absolute atomic E-state index is 0.0691. The van der Waals surface area contributed by atoms with Crippen LogP contribution in [0.15, 0.2) is 0 Å². The Morgan fingerprint density at radius 2 is 1.07 bits per heavy atom. The van der Waals surface area contributed by atoms with Crippen molar-refractivity contribution in [3.05, 3.63) is 0 Å². The maximum atomic E-state index is 12.7. The van der Waals surface area contributed by atoms with E-state index in [1.165, 1.54) is 12.8 Å². The summed E-state index contributed by atoms with van der Waals surface area (Å²) < 4.78 is 16.0. The molecule has 1 atom stereocenters. The quantitative estimate of drug-likeness (QED) is 0.0562. The molecule has 0 N–H and O–H groups in total. The SMILES string of the molecule is CC(C)COC(=O)CCCCCCCCOC(=O)C(CSCCCCCCCCC(=O)OCC(C)C)CN(C)C. The van der Waals surface area contributed by atoms with Crippen LogP contribution < -0.4 is 0 Å². The zero-order valence-corrected chi connectivity index (χ0v) is 27.5. The summed E-state index contributed by atoms with van der Waals surface area (Å²) in [6, 6.07) is 0. The van der Waals surface area contributed by atoms with Crippen LogP contribution in [0.5, 0.6) is 0 Å². The van der Waals surface area contributed by atoms with Gasteiger partial charge in [-0.1, -0.05) is 79.1 Å². The van der Waals surface area contributed by atoms with Gasteiger partial charge in [0.25, 0.3) is 0 Å². The Labute approximate surface area is 250 Å². The van der Waals surface area contributed by atoms with Gasteiger partial charge in [0, 0.05) is 25.1 Å². The summed E-state index contributed by atoms with van der Waals surface area (Å²) in [4.78, 5) is 38.0. The topological polar surface area (TPSA) is 82.1 Å². The first kappa shape index (κ1) is 38.7. The first-order valence-corrected chi connectivity index (χ1v) is 17.0. The van der Waals surface area contributed by atoms with Gasteiger partial charge in [-0.15, -0.1) is 0 Å². The van der Waals surface area contributed by atoms with Gasteiger partial charge in [-0.05, 0) is 57.4 Å². The molecule has 0 radical (unpaired) electrons. The van der Waals surface area contributed by atoms with E-state index >= 15 is 0 Å². The van der Waals surface area contributed by atoms with Gasteiger partial charge in [-0.3, -0.25) is 14.4 Å². The zero-order valence-electron chi connectivity index (χ0n) is 26.7. The Morgan fingerprint density at radius 3 is 1.55 bits per heavy atom. The van der Waals surface area contributed by atoms with Gasteiger partial charge in [0.1, 0.15) is 0 Å². The first-order valence-electron chi connectivity index (χ1n) is 15.8. The molecule has 0 aliphatic heterocycles. The van der Waals surface area contributed by atoms with E-state index < -0.39 is 0 Å². The van der Waals surface area contributed by atoms with Gasteiger partial charge < -0.3 is 19.1 Å².